The number of nitrogens with zero attached hydrogens (tertiary/aromatic N) is 2. The first kappa shape index (κ1) is 22.0. The van der Waals surface area contributed by atoms with E-state index in [1.54, 1.807) is 7.11 Å². The van der Waals surface area contributed by atoms with Crippen molar-refractivity contribution in [2.24, 2.45) is 0 Å². The zero-order chi connectivity index (χ0) is 21.8. The molecule has 0 spiro atoms. The Morgan fingerprint density at radius 3 is 2.71 bits per heavy atom. The third kappa shape index (κ3) is 5.37. The number of amides is 2. The number of methoxy groups -OCH3 is 1. The van der Waals surface area contributed by atoms with Crippen LogP contribution >= 0.6 is 0 Å². The van der Waals surface area contributed by atoms with Gasteiger partial charge >= 0.3 is 0 Å². The lowest BCUT2D eigenvalue weighted by Gasteiger charge is -2.37. The van der Waals surface area contributed by atoms with Gasteiger partial charge in [-0.15, -0.1) is 0 Å². The van der Waals surface area contributed by atoms with Gasteiger partial charge in [0.1, 0.15) is 5.75 Å². The molecular weight excluding hydrogens is 396 g/mol. The van der Waals surface area contributed by atoms with Crippen LogP contribution in [0.5, 0.6) is 5.75 Å². The normalized spacial score (nSPS) is 27.1. The smallest absolute Gasteiger partial charge is 0.237 e. The maximum atomic E-state index is 12.6. The predicted molar refractivity (Wildman–Crippen MR) is 117 cm³/mol. The summed E-state index contributed by atoms with van der Waals surface area (Å²) in [5.74, 6) is 1.10. The first-order chi connectivity index (χ1) is 15.0. The highest BCUT2D eigenvalue weighted by Crippen LogP contribution is 2.26. The number of piperazine rings is 1. The van der Waals surface area contributed by atoms with Crippen molar-refractivity contribution in [1.82, 2.24) is 20.4 Å². The number of aliphatic hydroxyl groups excluding tert-OH is 1. The van der Waals surface area contributed by atoms with Crippen molar-refractivity contribution in [3.8, 4) is 5.75 Å². The number of nitrogens with one attached hydrogen (secondary N) is 2. The van der Waals surface area contributed by atoms with Gasteiger partial charge in [-0.2, -0.15) is 0 Å². The second-order valence-corrected chi connectivity index (χ2v) is 8.92. The van der Waals surface area contributed by atoms with Crippen LogP contribution in [0.25, 0.3) is 0 Å². The summed E-state index contributed by atoms with van der Waals surface area (Å²) in [5.41, 5.74) is 1.18. The highest BCUT2D eigenvalue weighted by atomic mass is 16.5. The van der Waals surface area contributed by atoms with Crippen molar-refractivity contribution in [3.63, 3.8) is 0 Å². The van der Waals surface area contributed by atoms with Crippen LogP contribution in [0.3, 0.4) is 0 Å². The van der Waals surface area contributed by atoms with Crippen molar-refractivity contribution in [3.05, 3.63) is 29.8 Å². The molecular formula is C23H34N4O4. The fourth-order valence-electron chi connectivity index (χ4n) is 4.96. The van der Waals surface area contributed by atoms with Gasteiger partial charge in [0.25, 0.3) is 0 Å². The molecule has 3 N–H and O–H groups in total. The molecule has 3 atom stereocenters. The number of hydrogen-bond acceptors (Lipinski definition) is 6. The molecule has 3 aliphatic heterocycles. The van der Waals surface area contributed by atoms with Crippen LogP contribution in [0.2, 0.25) is 0 Å². The van der Waals surface area contributed by atoms with Gasteiger partial charge in [0.2, 0.25) is 11.8 Å². The maximum Gasteiger partial charge on any atom is 0.237 e. The van der Waals surface area contributed by atoms with Crippen LogP contribution in [-0.2, 0) is 16.1 Å². The zero-order valence-electron chi connectivity index (χ0n) is 18.3. The number of aliphatic hydroxyl groups is 1. The Kier molecular flexibility index (Phi) is 7.09. The minimum absolute atomic E-state index is 0.0985. The Hall–Kier alpha value is -2.16. The number of fused-ring (bicyclic) bond motifs is 1. The number of likely N-dealkylation sites (tertiary alicyclic amines) is 1. The highest BCUT2D eigenvalue weighted by molar-refractivity contribution is 5.83. The van der Waals surface area contributed by atoms with E-state index in [1.165, 1.54) is 5.56 Å². The summed E-state index contributed by atoms with van der Waals surface area (Å²) in [7, 11) is 1.66. The Morgan fingerprint density at radius 1 is 1.26 bits per heavy atom. The van der Waals surface area contributed by atoms with Gasteiger partial charge in [-0.3, -0.25) is 14.5 Å². The number of hydrogen-bond donors (Lipinski definition) is 3. The molecule has 0 aliphatic carbocycles. The fraction of sp³-hybridized carbons (Fsp3) is 0.652. The summed E-state index contributed by atoms with van der Waals surface area (Å²) in [4.78, 5) is 29.2. The van der Waals surface area contributed by atoms with Crippen LogP contribution in [0, 0.1) is 0 Å². The first-order valence-corrected chi connectivity index (χ1v) is 11.4. The summed E-state index contributed by atoms with van der Waals surface area (Å²) in [6.07, 6.45) is 3.09. The Labute approximate surface area is 183 Å². The molecule has 2 amide bonds. The molecule has 170 valence electrons. The van der Waals surface area contributed by atoms with E-state index in [1.807, 2.05) is 17.0 Å². The molecule has 1 aromatic rings. The van der Waals surface area contributed by atoms with E-state index in [-0.39, 0.29) is 36.0 Å². The second-order valence-electron chi connectivity index (χ2n) is 8.92. The number of piperidine rings is 1. The van der Waals surface area contributed by atoms with Gasteiger partial charge in [0.05, 0.1) is 19.3 Å². The maximum absolute atomic E-state index is 12.6. The molecule has 1 aromatic carbocycles. The Morgan fingerprint density at radius 2 is 2.00 bits per heavy atom. The standard InChI is InChI=1S/C23H34N4O4/c1-31-20-5-2-16(3-6-20)13-24-17-12-21-23(30)25-14-18(27(21)15-17)4-7-22(29)26-10-8-19(28)9-11-26/h2-3,5-6,17-19,21,24,28H,4,7-15H2,1H3,(H,25,30)/t17-,18+,21-/m0/s1. The third-order valence-electron chi connectivity index (χ3n) is 6.89. The highest BCUT2D eigenvalue weighted by Gasteiger charge is 2.43. The topological polar surface area (TPSA) is 94.1 Å². The average molecular weight is 431 g/mol. The van der Waals surface area contributed by atoms with Crippen molar-refractivity contribution < 1.29 is 19.4 Å². The molecule has 0 unspecified atom stereocenters. The van der Waals surface area contributed by atoms with E-state index in [9.17, 15) is 14.7 Å². The van der Waals surface area contributed by atoms with Crippen LogP contribution < -0.4 is 15.4 Å². The summed E-state index contributed by atoms with van der Waals surface area (Å²) in [6.45, 7) is 3.46. The predicted octanol–water partition coefficient (Wildman–Crippen LogP) is 0.490. The number of ether oxygens (including phenoxy) is 1. The van der Waals surface area contributed by atoms with Gasteiger partial charge in [0.15, 0.2) is 0 Å². The van der Waals surface area contributed by atoms with Crippen LogP contribution in [-0.4, -0.2) is 84.2 Å². The fourth-order valence-corrected chi connectivity index (χ4v) is 4.96. The zero-order valence-corrected chi connectivity index (χ0v) is 18.3. The van der Waals surface area contributed by atoms with Crippen LogP contribution in [0.4, 0.5) is 0 Å². The minimum Gasteiger partial charge on any atom is -0.497 e. The number of benzene rings is 1. The van der Waals surface area contributed by atoms with E-state index < -0.39 is 0 Å². The summed E-state index contributed by atoms with van der Waals surface area (Å²) in [5, 5.41) is 16.3. The SMILES string of the molecule is COc1ccc(CN[C@H]2C[C@H]3C(=O)NC[C@@H](CCC(=O)N4CCC(O)CC4)N3C2)cc1. The molecule has 3 saturated heterocycles. The van der Waals surface area contributed by atoms with E-state index >= 15 is 0 Å². The van der Waals surface area contributed by atoms with E-state index in [0.717, 1.165) is 31.7 Å². The molecule has 8 nitrogen and oxygen atoms in total. The molecule has 0 bridgehead atoms. The number of carbonyl (C=O) groups is 2. The van der Waals surface area contributed by atoms with Crippen molar-refractivity contribution in [2.75, 3.05) is 33.3 Å². The average Bonchev–Trinajstić information content (AvgIpc) is 3.23. The second kappa shape index (κ2) is 9.97. The molecule has 0 radical (unpaired) electrons. The third-order valence-corrected chi connectivity index (χ3v) is 6.89. The van der Waals surface area contributed by atoms with Crippen LogP contribution in [0.15, 0.2) is 24.3 Å². The van der Waals surface area contributed by atoms with E-state index in [0.29, 0.717) is 38.9 Å². The van der Waals surface area contributed by atoms with E-state index in [4.69, 9.17) is 4.74 Å². The molecule has 3 aliphatic rings. The molecule has 3 fully saturated rings. The number of carbonyl (C=O) groups excluding carboxylic acids is 2. The minimum atomic E-state index is -0.273. The van der Waals surface area contributed by atoms with Crippen molar-refractivity contribution in [1.29, 1.82) is 0 Å². The van der Waals surface area contributed by atoms with Crippen molar-refractivity contribution >= 4 is 11.8 Å². The van der Waals surface area contributed by atoms with Gasteiger partial charge in [-0.05, 0) is 43.4 Å². The Bertz CT molecular complexity index is 763. The first-order valence-electron chi connectivity index (χ1n) is 11.4. The number of rotatable bonds is 7. The lowest BCUT2D eigenvalue weighted by atomic mass is 10.0. The summed E-state index contributed by atoms with van der Waals surface area (Å²) in [6, 6.07) is 8.33. The van der Waals surface area contributed by atoms with Gasteiger partial charge in [-0.1, -0.05) is 12.1 Å². The monoisotopic (exact) mass is 430 g/mol. The molecule has 31 heavy (non-hydrogen) atoms. The molecule has 0 saturated carbocycles. The van der Waals surface area contributed by atoms with Gasteiger partial charge in [0, 0.05) is 51.2 Å². The lowest BCUT2D eigenvalue weighted by molar-refractivity contribution is -0.134. The Balaban J connectivity index is 1.28. The van der Waals surface area contributed by atoms with Crippen molar-refractivity contribution in [2.45, 2.75) is 62.9 Å². The largest absolute Gasteiger partial charge is 0.497 e. The molecule has 8 heteroatoms. The molecule has 0 aromatic heterocycles. The lowest BCUT2D eigenvalue weighted by Crippen LogP contribution is -2.58. The van der Waals surface area contributed by atoms with E-state index in [2.05, 4.69) is 27.7 Å². The quantitative estimate of drug-likeness (QED) is 0.583. The molecule has 3 heterocycles. The van der Waals surface area contributed by atoms with Crippen LogP contribution in [0.1, 0.15) is 37.7 Å². The summed E-state index contributed by atoms with van der Waals surface area (Å²) < 4.78 is 5.21. The molecule has 4 rings (SSSR count). The summed E-state index contributed by atoms with van der Waals surface area (Å²) >= 11 is 0. The van der Waals surface area contributed by atoms with Gasteiger partial charge < -0.3 is 25.4 Å². The van der Waals surface area contributed by atoms with Gasteiger partial charge in [-0.25, -0.2) is 0 Å².